The van der Waals surface area contributed by atoms with Crippen molar-refractivity contribution in [3.05, 3.63) is 46.2 Å². The number of ketones is 1. The van der Waals surface area contributed by atoms with Gasteiger partial charge < -0.3 is 75.2 Å². The van der Waals surface area contributed by atoms with Crippen LogP contribution in [0.4, 0.5) is 5.82 Å². The summed E-state index contributed by atoms with van der Waals surface area (Å²) in [5, 5.41) is 36.5. The van der Waals surface area contributed by atoms with Crippen molar-refractivity contribution in [2.45, 2.75) is 167 Å². The molecule has 0 unspecified atom stereocenters. The van der Waals surface area contributed by atoms with Crippen molar-refractivity contribution in [2.24, 2.45) is 5.92 Å². The van der Waals surface area contributed by atoms with E-state index in [0.29, 0.717) is 22.0 Å². The van der Waals surface area contributed by atoms with E-state index in [2.05, 4.69) is 52.6 Å². The molecule has 4 rings (SSSR count). The molecule has 6 amide bonds. The van der Waals surface area contributed by atoms with E-state index in [-0.39, 0.29) is 145 Å². The van der Waals surface area contributed by atoms with E-state index in [0.717, 1.165) is 51.4 Å². The molecule has 4 atom stereocenters. The molecule has 30 heteroatoms. The first-order valence-electron chi connectivity index (χ1n) is 30.8. The number of pyridine rings is 1. The van der Waals surface area contributed by atoms with Gasteiger partial charge in [-0.15, -0.1) is 0 Å². The van der Waals surface area contributed by atoms with E-state index in [1.54, 1.807) is 26.0 Å². The number of carboxylic acids is 2. The molecule has 0 saturated carbocycles. The number of carboxylic acid groups (broad SMARTS) is 2. The molecule has 0 bridgehead atoms. The average molecular weight is 1350 g/mol. The molecule has 3 aromatic rings. The summed E-state index contributed by atoms with van der Waals surface area (Å²) in [4.78, 5) is 138. The number of anilines is 1. The summed E-state index contributed by atoms with van der Waals surface area (Å²) < 4.78 is 40.3. The van der Waals surface area contributed by atoms with Gasteiger partial charge in [0.15, 0.2) is 12.1 Å². The van der Waals surface area contributed by atoms with Crippen LogP contribution >= 0.6 is 23.5 Å². The van der Waals surface area contributed by atoms with Gasteiger partial charge in [-0.2, -0.15) is 5.10 Å². The molecule has 502 valence electrons. The molecule has 90 heavy (non-hydrogen) atoms. The topological polar surface area (TPSA) is 392 Å². The van der Waals surface area contributed by atoms with E-state index < -0.39 is 80.0 Å². The average Bonchev–Trinajstić information content (AvgIpc) is 1.74. The molecule has 1 saturated heterocycles. The number of rotatable bonds is 48. The Balaban J connectivity index is 1.03. The lowest BCUT2D eigenvalue weighted by molar-refractivity contribution is -0.142. The maximum atomic E-state index is 14.3. The first-order valence-corrected chi connectivity index (χ1v) is 33.4. The van der Waals surface area contributed by atoms with Crippen molar-refractivity contribution < 1.29 is 91.4 Å². The zero-order valence-electron chi connectivity index (χ0n) is 51.9. The summed E-state index contributed by atoms with van der Waals surface area (Å²) in [6.07, 6.45) is 14.4. The molecule has 3 heterocycles. The minimum Gasteiger partial charge on any atom is -0.481 e. The van der Waals surface area contributed by atoms with Gasteiger partial charge in [0.1, 0.15) is 53.7 Å². The summed E-state index contributed by atoms with van der Waals surface area (Å²) in [5.74, 6) is -5.04. The fraction of sp³-hybridized carbons (Fsp3) is 0.650. The molecule has 0 radical (unpaired) electrons. The summed E-state index contributed by atoms with van der Waals surface area (Å²) in [6, 6.07) is 5.02. The SMILES string of the molecule is CC(=O)c1nn(CC(=O)N2[C@H](C)[C@@H](CNC(=O)COCCOCCNC(=O)COCCOCCNC(=O)CC[C@H](NC(=O)CCCCCCCCCCCCCCCCC(=O)O)C(=O)O)C[C@H]2C(=O)Nc2nc(Br)ccc2C)c2cc(OCP(=O)(O)O)ccc12. The molecule has 0 aliphatic carbocycles. The molecule has 1 fully saturated rings. The molecular weight excluding hydrogens is 1260 g/mol. The van der Waals surface area contributed by atoms with Crippen LogP contribution in [-0.2, 0) is 68.4 Å². The summed E-state index contributed by atoms with van der Waals surface area (Å²) in [6.45, 7) is 5.00. The van der Waals surface area contributed by atoms with Crippen LogP contribution in [0.15, 0.2) is 34.9 Å². The minimum absolute atomic E-state index is 0.0511. The van der Waals surface area contributed by atoms with Crippen LogP contribution in [0.5, 0.6) is 5.75 Å². The monoisotopic (exact) mass is 1350 g/mol. The van der Waals surface area contributed by atoms with Gasteiger partial charge in [-0.25, -0.2) is 9.78 Å². The minimum atomic E-state index is -4.53. The van der Waals surface area contributed by atoms with Crippen molar-refractivity contribution in [2.75, 3.05) is 84.2 Å². The number of ether oxygens (including phenoxy) is 5. The summed E-state index contributed by atoms with van der Waals surface area (Å²) >= 11 is 3.32. The van der Waals surface area contributed by atoms with Crippen molar-refractivity contribution in [1.82, 2.24) is 40.9 Å². The predicted octanol–water partition coefficient (Wildman–Crippen LogP) is 5.55. The third-order valence-electron chi connectivity index (χ3n) is 14.9. The Morgan fingerprint density at radius 2 is 1.26 bits per heavy atom. The van der Waals surface area contributed by atoms with Crippen molar-refractivity contribution in [1.29, 1.82) is 0 Å². The molecule has 1 aliphatic rings. The first-order chi connectivity index (χ1) is 43.0. The molecule has 1 aromatic carbocycles. The third-order valence-corrected chi connectivity index (χ3v) is 15.8. The highest BCUT2D eigenvalue weighted by atomic mass is 79.9. The maximum Gasteiger partial charge on any atom is 0.362 e. The van der Waals surface area contributed by atoms with Gasteiger partial charge in [0, 0.05) is 63.3 Å². The van der Waals surface area contributed by atoms with E-state index in [4.69, 9.17) is 28.8 Å². The van der Waals surface area contributed by atoms with Crippen molar-refractivity contribution in [3.8, 4) is 5.75 Å². The van der Waals surface area contributed by atoms with Gasteiger partial charge >= 0.3 is 19.5 Å². The lowest BCUT2D eigenvalue weighted by Crippen LogP contribution is -2.48. The number of halogens is 1. The predicted molar refractivity (Wildman–Crippen MR) is 333 cm³/mol. The summed E-state index contributed by atoms with van der Waals surface area (Å²) in [5.41, 5.74) is 0.994. The number of nitrogens with zero attached hydrogens (tertiary/aromatic N) is 4. The number of hydrogen-bond acceptors (Lipinski definition) is 17. The highest BCUT2D eigenvalue weighted by Crippen LogP contribution is 2.36. The second-order valence-corrected chi connectivity index (χ2v) is 24.6. The second-order valence-electron chi connectivity index (χ2n) is 22.2. The number of fused-ring (bicyclic) bond motifs is 1. The number of amides is 6. The fourth-order valence-electron chi connectivity index (χ4n) is 10.0. The Labute approximate surface area is 533 Å². The number of aryl methyl sites for hydroxylation is 1. The largest absolute Gasteiger partial charge is 0.481 e. The van der Waals surface area contributed by atoms with Crippen molar-refractivity contribution in [3.63, 3.8) is 0 Å². The highest BCUT2D eigenvalue weighted by molar-refractivity contribution is 9.10. The fourth-order valence-corrected chi connectivity index (χ4v) is 10.7. The Morgan fingerprint density at radius 3 is 1.82 bits per heavy atom. The van der Waals surface area contributed by atoms with Crippen LogP contribution < -0.4 is 31.3 Å². The van der Waals surface area contributed by atoms with Crippen LogP contribution in [0.3, 0.4) is 0 Å². The van der Waals surface area contributed by atoms with Gasteiger partial charge in [0.2, 0.25) is 35.4 Å². The smallest absolute Gasteiger partial charge is 0.362 e. The van der Waals surface area contributed by atoms with E-state index in [9.17, 15) is 62.6 Å². The number of carbonyl (C=O) groups excluding carboxylic acids is 7. The van der Waals surface area contributed by atoms with E-state index in [1.165, 1.54) is 66.8 Å². The number of unbranched alkanes of at least 4 members (excludes halogenated alkanes) is 13. The van der Waals surface area contributed by atoms with Crippen LogP contribution in [0.1, 0.15) is 152 Å². The lowest BCUT2D eigenvalue weighted by atomic mass is 10.00. The van der Waals surface area contributed by atoms with Gasteiger partial charge in [0.05, 0.1) is 45.2 Å². The molecule has 28 nitrogen and oxygen atoms in total. The second kappa shape index (κ2) is 41.8. The van der Waals surface area contributed by atoms with Gasteiger partial charge in [0.25, 0.3) is 0 Å². The molecule has 1 aliphatic heterocycles. The number of aromatic nitrogens is 3. The van der Waals surface area contributed by atoms with Gasteiger partial charge in [-0.3, -0.25) is 47.6 Å². The molecule has 0 spiro atoms. The Kier molecular flexibility index (Phi) is 35.3. The summed E-state index contributed by atoms with van der Waals surface area (Å²) in [7, 11) is -4.53. The Bertz CT molecular complexity index is 2860. The number of Topliss-reactive ketones (excluding diaryl/α,β-unsaturated/α-hetero) is 1. The first kappa shape index (κ1) is 76.0. The maximum absolute atomic E-state index is 14.3. The standard InChI is InChI=1S/C60H91BrN9O19P/c1-41-20-24-50(61)66-58(41)67-59(79)49-34-44(42(2)70(49)55(76)37-69-48-35-45(89-40-90(82,83)84)21-22-46(48)57(68-69)43(3)71)36-64-54(75)39-88-33-31-86-29-27-63-53(74)38-87-32-30-85-28-26-62-51(72)25-23-47(60(80)81)65-52(73)18-16-14-12-10-8-6-4-5-7-9-11-13-15-17-19-56(77)78/h20-22,24,35,42,44,47,49H,4-19,23,25-34,36-40H2,1-3H3,(H,62,72)(H,63,74)(H,64,75)(H,65,73)(H,77,78)(H,80,81)(H,66,67,79)(H2,82,83,84)/t42-,44-,47+,49+/m1/s1. The number of likely N-dealkylation sites (tertiary alicyclic amines) is 1. The lowest BCUT2D eigenvalue weighted by Gasteiger charge is -2.29. The Morgan fingerprint density at radius 1 is 0.700 bits per heavy atom. The zero-order chi connectivity index (χ0) is 65.8. The molecule has 2 aromatic heterocycles. The number of hydrogen-bond donors (Lipinski definition) is 9. The molecule has 9 N–H and O–H groups in total. The highest BCUT2D eigenvalue weighted by Gasteiger charge is 2.45. The van der Waals surface area contributed by atoms with Crippen LogP contribution in [0.2, 0.25) is 0 Å². The number of aliphatic carboxylic acids is 2. The Hall–Kier alpha value is -6.46. The van der Waals surface area contributed by atoms with Crippen LogP contribution in [0, 0.1) is 12.8 Å². The van der Waals surface area contributed by atoms with Crippen molar-refractivity contribution >= 4 is 93.4 Å². The zero-order valence-corrected chi connectivity index (χ0v) is 54.3. The molecular formula is C60H91BrN9O19P. The van der Waals surface area contributed by atoms with Crippen LogP contribution in [-0.4, -0.2) is 190 Å². The number of benzene rings is 1. The van der Waals surface area contributed by atoms with Gasteiger partial charge in [-0.05, 0) is 85.1 Å². The normalized spacial score (nSPS) is 15.1. The quantitative estimate of drug-likeness (QED) is 0.0145. The van der Waals surface area contributed by atoms with Crippen LogP contribution in [0.25, 0.3) is 10.9 Å². The van der Waals surface area contributed by atoms with E-state index in [1.807, 2.05) is 0 Å². The third kappa shape index (κ3) is 30.1. The number of nitrogens with one attached hydrogen (secondary N) is 5. The number of carbonyl (C=O) groups is 9. The van der Waals surface area contributed by atoms with E-state index >= 15 is 0 Å². The van der Waals surface area contributed by atoms with Gasteiger partial charge in [-0.1, -0.05) is 83.1 Å².